The second-order valence-electron chi connectivity index (χ2n) is 10.1. The molecule has 0 spiro atoms. The number of hydrogen-bond donors (Lipinski definition) is 1. The third kappa shape index (κ3) is 6.82. The molecule has 2 aliphatic rings. The molecule has 40 heavy (non-hydrogen) atoms. The van der Waals surface area contributed by atoms with Gasteiger partial charge in [0.05, 0.1) is 18.2 Å². The van der Waals surface area contributed by atoms with Crippen molar-refractivity contribution in [1.29, 1.82) is 0 Å². The molecule has 3 aromatic rings. The number of halogens is 4. The molecule has 3 aromatic carbocycles. The molecule has 5 rings (SSSR count). The van der Waals surface area contributed by atoms with E-state index in [1.165, 1.54) is 30.5 Å². The third-order valence-corrected chi connectivity index (χ3v) is 7.42. The molecule has 1 N–H and O–H groups in total. The van der Waals surface area contributed by atoms with Crippen LogP contribution in [0.15, 0.2) is 66.7 Å². The summed E-state index contributed by atoms with van der Waals surface area (Å²) in [4.78, 5) is 14.4. The summed E-state index contributed by atoms with van der Waals surface area (Å²) in [5.74, 6) is -1.07. The van der Waals surface area contributed by atoms with Gasteiger partial charge in [0, 0.05) is 31.3 Å². The highest BCUT2D eigenvalue weighted by Crippen LogP contribution is 2.45. The predicted octanol–water partition coefficient (Wildman–Crippen LogP) is 5.73. The van der Waals surface area contributed by atoms with Crippen molar-refractivity contribution < 1.29 is 36.0 Å². The van der Waals surface area contributed by atoms with Crippen molar-refractivity contribution in [1.82, 2.24) is 9.62 Å². The van der Waals surface area contributed by atoms with Crippen LogP contribution in [0.25, 0.3) is 0 Å². The minimum absolute atomic E-state index is 0.112. The van der Waals surface area contributed by atoms with Crippen LogP contribution in [-0.4, -0.2) is 47.3 Å². The first-order valence-electron chi connectivity index (χ1n) is 12.8. The van der Waals surface area contributed by atoms with E-state index in [9.17, 15) is 26.6 Å². The van der Waals surface area contributed by atoms with Crippen LogP contribution < -0.4 is 14.2 Å². The molecular weight excluding hydrogens is 548 g/mol. The van der Waals surface area contributed by atoms with Crippen LogP contribution >= 0.6 is 0 Å². The molecule has 1 heterocycles. The molecule has 1 saturated carbocycles. The molecule has 0 aromatic heterocycles. The van der Waals surface area contributed by atoms with Gasteiger partial charge in [-0.3, -0.25) is 14.4 Å². The molecule has 11 heteroatoms. The standard InChI is InChI=1S/C29H28F4N2O4S/c1-40(37)34-28(36)24-13-23(19-10-11-19)26(14-25(24)30)38-17-18-15-35(16-18)27(20-6-3-2-4-7-20)21-8-5-9-22(12-21)39-29(31,32)33/h2-9,12-14,18-19,27H,10-11,15-17H2,1H3,(H,34,36). The van der Waals surface area contributed by atoms with Gasteiger partial charge in [0.2, 0.25) is 0 Å². The molecule has 2 unspecified atom stereocenters. The number of alkyl halides is 3. The summed E-state index contributed by atoms with van der Waals surface area (Å²) in [5.41, 5.74) is 2.20. The molecule has 212 valence electrons. The number of nitrogens with zero attached hydrogens (tertiary/aromatic N) is 1. The van der Waals surface area contributed by atoms with Crippen molar-refractivity contribution in [2.24, 2.45) is 5.92 Å². The Labute approximate surface area is 231 Å². The van der Waals surface area contributed by atoms with E-state index in [1.807, 2.05) is 30.3 Å². The van der Waals surface area contributed by atoms with Gasteiger partial charge in [-0.05, 0) is 53.6 Å². The summed E-state index contributed by atoms with van der Waals surface area (Å²) in [6.45, 7) is 1.56. The van der Waals surface area contributed by atoms with Gasteiger partial charge < -0.3 is 9.47 Å². The van der Waals surface area contributed by atoms with Gasteiger partial charge in [0.25, 0.3) is 5.91 Å². The topological polar surface area (TPSA) is 67.9 Å². The zero-order valence-electron chi connectivity index (χ0n) is 21.6. The van der Waals surface area contributed by atoms with Gasteiger partial charge in [-0.2, -0.15) is 0 Å². The number of nitrogens with one attached hydrogen (secondary N) is 1. The van der Waals surface area contributed by atoms with Gasteiger partial charge in [-0.15, -0.1) is 13.2 Å². The number of carbonyl (C=O) groups excluding carboxylic acids is 1. The third-order valence-electron chi connectivity index (χ3n) is 6.95. The second-order valence-corrected chi connectivity index (χ2v) is 11.2. The molecule has 0 bridgehead atoms. The maximum Gasteiger partial charge on any atom is 0.573 e. The van der Waals surface area contributed by atoms with E-state index in [2.05, 4.69) is 14.4 Å². The van der Waals surface area contributed by atoms with Crippen LogP contribution in [0.5, 0.6) is 11.5 Å². The number of hydrogen-bond acceptors (Lipinski definition) is 5. The van der Waals surface area contributed by atoms with E-state index < -0.39 is 29.1 Å². The van der Waals surface area contributed by atoms with Gasteiger partial charge in [0.1, 0.15) is 28.3 Å². The Hall–Kier alpha value is -3.44. The largest absolute Gasteiger partial charge is 0.573 e. The highest BCUT2D eigenvalue weighted by Gasteiger charge is 2.36. The average molecular weight is 577 g/mol. The molecule has 6 nitrogen and oxygen atoms in total. The zero-order chi connectivity index (χ0) is 28.4. The predicted molar refractivity (Wildman–Crippen MR) is 142 cm³/mol. The smallest absolute Gasteiger partial charge is 0.493 e. The monoisotopic (exact) mass is 576 g/mol. The van der Waals surface area contributed by atoms with Crippen LogP contribution in [0.2, 0.25) is 0 Å². The van der Waals surface area contributed by atoms with Crippen molar-refractivity contribution in [3.05, 3.63) is 94.8 Å². The summed E-state index contributed by atoms with van der Waals surface area (Å²) in [6, 6.07) is 17.9. The van der Waals surface area contributed by atoms with E-state index in [1.54, 1.807) is 12.1 Å². The molecular formula is C29H28F4N2O4S. The SMILES string of the molecule is CS(=O)NC(=O)c1cc(C2CC2)c(OCC2CN(C(c3ccccc3)c3cccc(OC(F)(F)F)c3)C2)cc1F. The van der Waals surface area contributed by atoms with E-state index in [0.717, 1.165) is 24.0 Å². The number of rotatable bonds is 10. The Morgan fingerprint density at radius 2 is 1.75 bits per heavy atom. The fraction of sp³-hybridized carbons (Fsp3) is 0.345. The lowest BCUT2D eigenvalue weighted by atomic mass is 9.90. The first-order valence-corrected chi connectivity index (χ1v) is 14.4. The molecule has 1 aliphatic heterocycles. The first-order chi connectivity index (χ1) is 19.1. The summed E-state index contributed by atoms with van der Waals surface area (Å²) < 4.78 is 77.0. The number of amides is 1. The van der Waals surface area contributed by atoms with Crippen molar-refractivity contribution >= 4 is 16.9 Å². The van der Waals surface area contributed by atoms with Crippen molar-refractivity contribution in [3.8, 4) is 11.5 Å². The van der Waals surface area contributed by atoms with Crippen LogP contribution in [0.4, 0.5) is 17.6 Å². The summed E-state index contributed by atoms with van der Waals surface area (Å²) >= 11 is 0. The highest BCUT2D eigenvalue weighted by molar-refractivity contribution is 7.82. The molecule has 1 saturated heterocycles. The first kappa shape index (κ1) is 28.1. The maximum atomic E-state index is 14.8. The van der Waals surface area contributed by atoms with E-state index in [4.69, 9.17) is 4.74 Å². The molecule has 2 atom stereocenters. The highest BCUT2D eigenvalue weighted by atomic mass is 32.2. The maximum absolute atomic E-state index is 14.8. The van der Waals surface area contributed by atoms with Crippen LogP contribution in [-0.2, 0) is 11.0 Å². The second kappa shape index (κ2) is 11.6. The summed E-state index contributed by atoms with van der Waals surface area (Å²) in [5, 5.41) is 0. The molecule has 1 amide bonds. The van der Waals surface area contributed by atoms with Gasteiger partial charge >= 0.3 is 6.36 Å². The Kier molecular flexibility index (Phi) is 8.14. The van der Waals surface area contributed by atoms with Crippen LogP contribution in [0.3, 0.4) is 0 Å². The van der Waals surface area contributed by atoms with Crippen LogP contribution in [0, 0.1) is 11.7 Å². The normalized spacial score (nSPS) is 17.5. The Balaban J connectivity index is 1.28. The zero-order valence-corrected chi connectivity index (χ0v) is 22.4. The summed E-state index contributed by atoms with van der Waals surface area (Å²) in [7, 11) is -1.62. The van der Waals surface area contributed by atoms with E-state index in [0.29, 0.717) is 31.0 Å². The lowest BCUT2D eigenvalue weighted by Crippen LogP contribution is -2.51. The van der Waals surface area contributed by atoms with Gasteiger partial charge in [0.15, 0.2) is 0 Å². The lowest BCUT2D eigenvalue weighted by molar-refractivity contribution is -0.274. The van der Waals surface area contributed by atoms with Crippen molar-refractivity contribution in [2.45, 2.75) is 31.2 Å². The minimum Gasteiger partial charge on any atom is -0.493 e. The molecule has 2 fully saturated rings. The quantitative estimate of drug-likeness (QED) is 0.313. The molecule has 1 aliphatic carbocycles. The number of ether oxygens (including phenoxy) is 2. The number of benzene rings is 3. The fourth-order valence-electron chi connectivity index (χ4n) is 5.03. The van der Waals surface area contributed by atoms with E-state index in [-0.39, 0.29) is 29.2 Å². The van der Waals surface area contributed by atoms with E-state index >= 15 is 0 Å². The minimum atomic E-state index is -4.78. The Morgan fingerprint density at radius 3 is 2.40 bits per heavy atom. The Bertz CT molecular complexity index is 1390. The number of likely N-dealkylation sites (tertiary alicyclic amines) is 1. The van der Waals surface area contributed by atoms with Gasteiger partial charge in [-0.25, -0.2) is 8.60 Å². The Morgan fingerprint density at radius 1 is 1.05 bits per heavy atom. The van der Waals surface area contributed by atoms with Crippen molar-refractivity contribution in [2.75, 3.05) is 26.0 Å². The summed E-state index contributed by atoms with van der Waals surface area (Å²) in [6.07, 6.45) is -1.66. The lowest BCUT2D eigenvalue weighted by Gasteiger charge is -2.44. The fourth-order valence-corrected chi connectivity index (χ4v) is 5.41. The number of carbonyl (C=O) groups is 1. The van der Waals surface area contributed by atoms with Crippen LogP contribution in [0.1, 0.15) is 51.8 Å². The average Bonchev–Trinajstić information content (AvgIpc) is 3.70. The molecule has 0 radical (unpaired) electrons. The van der Waals surface area contributed by atoms with Crippen molar-refractivity contribution in [3.63, 3.8) is 0 Å². The van der Waals surface area contributed by atoms with Gasteiger partial charge in [-0.1, -0.05) is 42.5 Å².